The number of piperidine rings is 1. The predicted octanol–water partition coefficient (Wildman–Crippen LogP) is 5.16. The van der Waals surface area contributed by atoms with Crippen LogP contribution in [0.3, 0.4) is 0 Å². The summed E-state index contributed by atoms with van der Waals surface area (Å²) in [6.45, 7) is 5.14. The van der Waals surface area contributed by atoms with Crippen molar-refractivity contribution < 1.29 is 22.5 Å². The number of aryl methyl sites for hydroxylation is 2. The fraction of sp³-hybridized carbons (Fsp3) is 0.375. The van der Waals surface area contributed by atoms with Crippen molar-refractivity contribution in [2.45, 2.75) is 39.4 Å². The lowest BCUT2D eigenvalue weighted by Gasteiger charge is -2.35. The lowest BCUT2D eigenvalue weighted by molar-refractivity contribution is -0.137. The second-order valence-electron chi connectivity index (χ2n) is 8.23. The third-order valence-corrected chi connectivity index (χ3v) is 6.07. The predicted molar refractivity (Wildman–Crippen MR) is 118 cm³/mol. The SMILES string of the molecule is Cc1noc(C)c1CN(C(=O)C1CCN(c2ccc(C(F)(F)F)cn2)CC1)c1ccccc1. The van der Waals surface area contributed by atoms with E-state index in [0.29, 0.717) is 44.1 Å². The molecule has 0 radical (unpaired) electrons. The molecule has 3 heterocycles. The Morgan fingerprint density at radius 3 is 2.36 bits per heavy atom. The van der Waals surface area contributed by atoms with Crippen molar-refractivity contribution in [3.8, 4) is 0 Å². The quantitative estimate of drug-likeness (QED) is 0.529. The third kappa shape index (κ3) is 5.02. The first kappa shape index (κ1) is 22.8. The minimum Gasteiger partial charge on any atom is -0.361 e. The highest BCUT2D eigenvalue weighted by Gasteiger charge is 2.33. The van der Waals surface area contributed by atoms with Gasteiger partial charge in [0.15, 0.2) is 0 Å². The van der Waals surface area contributed by atoms with Gasteiger partial charge in [0.25, 0.3) is 0 Å². The second-order valence-corrected chi connectivity index (χ2v) is 8.23. The molecular formula is C24H25F3N4O2. The molecule has 2 aromatic heterocycles. The van der Waals surface area contributed by atoms with Crippen molar-refractivity contribution >= 4 is 17.4 Å². The van der Waals surface area contributed by atoms with Crippen molar-refractivity contribution in [1.29, 1.82) is 0 Å². The number of benzene rings is 1. The van der Waals surface area contributed by atoms with Gasteiger partial charge in [-0.3, -0.25) is 4.79 Å². The molecule has 0 spiro atoms. The van der Waals surface area contributed by atoms with Crippen LogP contribution in [0.1, 0.15) is 35.4 Å². The summed E-state index contributed by atoms with van der Waals surface area (Å²) in [5, 5.41) is 4.00. The van der Waals surface area contributed by atoms with Gasteiger partial charge in [-0.15, -0.1) is 0 Å². The molecule has 3 aromatic rings. The Hall–Kier alpha value is -3.36. The summed E-state index contributed by atoms with van der Waals surface area (Å²) in [7, 11) is 0. The average molecular weight is 458 g/mol. The van der Waals surface area contributed by atoms with Crippen molar-refractivity contribution in [3.63, 3.8) is 0 Å². The van der Waals surface area contributed by atoms with Gasteiger partial charge in [-0.2, -0.15) is 13.2 Å². The highest BCUT2D eigenvalue weighted by atomic mass is 19.4. The van der Waals surface area contributed by atoms with Gasteiger partial charge in [-0.05, 0) is 51.0 Å². The monoisotopic (exact) mass is 458 g/mol. The van der Waals surface area contributed by atoms with Crippen LogP contribution in [0.5, 0.6) is 0 Å². The van der Waals surface area contributed by atoms with Crippen LogP contribution >= 0.6 is 0 Å². The molecule has 1 aliphatic rings. The number of hydrogen-bond acceptors (Lipinski definition) is 5. The molecule has 0 saturated carbocycles. The molecule has 174 valence electrons. The maximum Gasteiger partial charge on any atom is 0.417 e. The molecule has 1 saturated heterocycles. The number of para-hydroxylation sites is 1. The van der Waals surface area contributed by atoms with E-state index < -0.39 is 11.7 Å². The first-order valence-electron chi connectivity index (χ1n) is 10.8. The van der Waals surface area contributed by atoms with E-state index in [-0.39, 0.29) is 11.8 Å². The lowest BCUT2D eigenvalue weighted by atomic mass is 9.94. The molecule has 33 heavy (non-hydrogen) atoms. The minimum atomic E-state index is -4.41. The summed E-state index contributed by atoms with van der Waals surface area (Å²) in [5.41, 5.74) is 1.67. The number of nitrogens with zero attached hydrogens (tertiary/aromatic N) is 4. The third-order valence-electron chi connectivity index (χ3n) is 6.07. The Labute approximate surface area is 190 Å². The number of anilines is 2. The number of aromatic nitrogens is 2. The molecule has 1 aromatic carbocycles. The molecule has 1 fully saturated rings. The number of hydrogen-bond donors (Lipinski definition) is 0. The van der Waals surface area contributed by atoms with Gasteiger partial charge < -0.3 is 14.3 Å². The standard InChI is InChI=1S/C24H25F3N4O2/c1-16-21(17(2)33-29-16)15-31(20-6-4-3-5-7-20)23(32)18-10-12-30(13-11-18)22-9-8-19(14-28-22)24(25,26)27/h3-9,14,18H,10-13,15H2,1-2H3. The van der Waals surface area contributed by atoms with E-state index in [1.165, 1.54) is 6.07 Å². The molecular weight excluding hydrogens is 433 g/mol. The van der Waals surface area contributed by atoms with Crippen molar-refractivity contribution in [2.24, 2.45) is 5.92 Å². The van der Waals surface area contributed by atoms with Gasteiger partial charge in [-0.25, -0.2) is 4.98 Å². The van der Waals surface area contributed by atoms with E-state index in [4.69, 9.17) is 4.52 Å². The van der Waals surface area contributed by atoms with Crippen LogP contribution in [-0.2, 0) is 17.5 Å². The van der Waals surface area contributed by atoms with E-state index in [1.807, 2.05) is 49.1 Å². The Morgan fingerprint density at radius 1 is 1.12 bits per heavy atom. The normalized spacial score (nSPS) is 15.0. The first-order valence-corrected chi connectivity index (χ1v) is 10.8. The number of halogens is 3. The number of alkyl halides is 3. The van der Waals surface area contributed by atoms with Crippen LogP contribution in [0.4, 0.5) is 24.7 Å². The van der Waals surface area contributed by atoms with Crippen LogP contribution in [0.2, 0.25) is 0 Å². The van der Waals surface area contributed by atoms with E-state index in [9.17, 15) is 18.0 Å². The zero-order valence-corrected chi connectivity index (χ0v) is 18.5. The molecule has 6 nitrogen and oxygen atoms in total. The average Bonchev–Trinajstić information content (AvgIpc) is 3.14. The summed E-state index contributed by atoms with van der Waals surface area (Å²) in [5.74, 6) is 0.992. The van der Waals surface area contributed by atoms with Gasteiger partial charge in [0, 0.05) is 36.5 Å². The van der Waals surface area contributed by atoms with Gasteiger partial charge in [-0.1, -0.05) is 23.4 Å². The maximum atomic E-state index is 13.6. The molecule has 1 amide bonds. The second kappa shape index (κ2) is 9.25. The van der Waals surface area contributed by atoms with Gasteiger partial charge in [0.05, 0.1) is 17.8 Å². The molecule has 0 aliphatic carbocycles. The first-order chi connectivity index (χ1) is 15.7. The van der Waals surface area contributed by atoms with Crippen molar-refractivity contribution in [2.75, 3.05) is 22.9 Å². The molecule has 0 N–H and O–H groups in total. The number of carbonyl (C=O) groups is 1. The fourth-order valence-corrected chi connectivity index (χ4v) is 4.11. The number of amides is 1. The largest absolute Gasteiger partial charge is 0.417 e. The fourth-order valence-electron chi connectivity index (χ4n) is 4.11. The Morgan fingerprint density at radius 2 is 1.82 bits per heavy atom. The van der Waals surface area contributed by atoms with Crippen LogP contribution in [0, 0.1) is 19.8 Å². The summed E-state index contributed by atoms with van der Waals surface area (Å²) in [6.07, 6.45) is -2.38. The van der Waals surface area contributed by atoms with E-state index in [2.05, 4.69) is 10.1 Å². The highest BCUT2D eigenvalue weighted by molar-refractivity contribution is 5.95. The number of carbonyl (C=O) groups excluding carboxylic acids is 1. The molecule has 4 rings (SSSR count). The Bertz CT molecular complexity index is 1070. The summed E-state index contributed by atoms with van der Waals surface area (Å²) in [4.78, 5) is 21.2. The number of pyridine rings is 1. The van der Waals surface area contributed by atoms with E-state index in [0.717, 1.165) is 29.2 Å². The maximum absolute atomic E-state index is 13.6. The Kier molecular flexibility index (Phi) is 6.40. The smallest absolute Gasteiger partial charge is 0.361 e. The zero-order valence-electron chi connectivity index (χ0n) is 18.5. The minimum absolute atomic E-state index is 0.0150. The molecule has 0 bridgehead atoms. The van der Waals surface area contributed by atoms with Crippen LogP contribution < -0.4 is 9.80 Å². The van der Waals surface area contributed by atoms with Crippen LogP contribution in [0.15, 0.2) is 53.2 Å². The molecule has 0 unspecified atom stereocenters. The number of rotatable bonds is 5. The summed E-state index contributed by atoms with van der Waals surface area (Å²) < 4.78 is 43.7. The van der Waals surface area contributed by atoms with Gasteiger partial charge >= 0.3 is 6.18 Å². The van der Waals surface area contributed by atoms with E-state index in [1.54, 1.807) is 4.90 Å². The van der Waals surface area contributed by atoms with Crippen molar-refractivity contribution in [3.05, 3.63) is 71.2 Å². The summed E-state index contributed by atoms with van der Waals surface area (Å²) >= 11 is 0. The highest BCUT2D eigenvalue weighted by Crippen LogP contribution is 2.31. The zero-order chi connectivity index (χ0) is 23.6. The van der Waals surface area contributed by atoms with Crippen LogP contribution in [0.25, 0.3) is 0 Å². The van der Waals surface area contributed by atoms with Gasteiger partial charge in [0.2, 0.25) is 5.91 Å². The van der Waals surface area contributed by atoms with Crippen molar-refractivity contribution in [1.82, 2.24) is 10.1 Å². The van der Waals surface area contributed by atoms with Crippen LogP contribution in [-0.4, -0.2) is 29.1 Å². The van der Waals surface area contributed by atoms with Gasteiger partial charge in [0.1, 0.15) is 11.6 Å². The molecule has 1 aliphatic heterocycles. The summed E-state index contributed by atoms with van der Waals surface area (Å²) in [6, 6.07) is 11.9. The van der Waals surface area contributed by atoms with E-state index >= 15 is 0 Å². The molecule has 9 heteroatoms. The Balaban J connectivity index is 1.47. The topological polar surface area (TPSA) is 62.5 Å². The molecule has 0 atom stereocenters. The lowest BCUT2D eigenvalue weighted by Crippen LogP contribution is -2.43.